The van der Waals surface area contributed by atoms with Crippen molar-refractivity contribution >= 4 is 51.6 Å². The fraction of sp³-hybridized carbons (Fsp3) is 0.500. The van der Waals surface area contributed by atoms with Crippen LogP contribution in [-0.4, -0.2) is 32.6 Å². The summed E-state index contributed by atoms with van der Waals surface area (Å²) in [5.41, 5.74) is 2.79. The van der Waals surface area contributed by atoms with E-state index in [1.165, 1.54) is 16.2 Å². The van der Waals surface area contributed by atoms with E-state index >= 15 is 0 Å². The minimum atomic E-state index is -0.263. The average molecular weight is 490 g/mol. The van der Waals surface area contributed by atoms with Crippen LogP contribution in [0.4, 0.5) is 0 Å². The average Bonchev–Trinajstić information content (AvgIpc) is 3.31. The SMILES string of the molecule is CCOC(=O)c1sc(C)nc1C.Cc1nc(C)c(CCl)s1.Cc1nc(C)c(CO)s1. The fourth-order valence-electron chi connectivity index (χ4n) is 2.33. The highest BCUT2D eigenvalue weighted by molar-refractivity contribution is 7.13. The largest absolute Gasteiger partial charge is 0.462 e. The number of carbonyl (C=O) groups excluding carboxylic acids is 1. The summed E-state index contributed by atoms with van der Waals surface area (Å²) in [5, 5.41) is 11.7. The van der Waals surface area contributed by atoms with Gasteiger partial charge >= 0.3 is 5.97 Å². The molecule has 0 saturated carbocycles. The lowest BCUT2D eigenvalue weighted by molar-refractivity contribution is 0.0531. The van der Waals surface area contributed by atoms with Crippen LogP contribution >= 0.6 is 45.6 Å². The first kappa shape index (κ1) is 26.6. The van der Waals surface area contributed by atoms with Crippen LogP contribution in [-0.2, 0) is 17.2 Å². The maximum Gasteiger partial charge on any atom is 0.350 e. The van der Waals surface area contributed by atoms with E-state index in [9.17, 15) is 4.79 Å². The highest BCUT2D eigenvalue weighted by Gasteiger charge is 2.13. The third kappa shape index (κ3) is 8.39. The highest BCUT2D eigenvalue weighted by atomic mass is 35.5. The van der Waals surface area contributed by atoms with Gasteiger partial charge in [0.15, 0.2) is 0 Å². The summed E-state index contributed by atoms with van der Waals surface area (Å²) in [6.45, 7) is 13.9. The molecule has 0 atom stereocenters. The minimum Gasteiger partial charge on any atom is -0.462 e. The van der Waals surface area contributed by atoms with Crippen molar-refractivity contribution in [3.8, 4) is 0 Å². The maximum atomic E-state index is 11.2. The van der Waals surface area contributed by atoms with Gasteiger partial charge in [-0.15, -0.1) is 45.6 Å². The molecule has 10 heteroatoms. The number of nitrogens with zero attached hydrogens (tertiary/aromatic N) is 3. The highest BCUT2D eigenvalue weighted by Crippen LogP contribution is 2.19. The van der Waals surface area contributed by atoms with Gasteiger partial charge in [0.25, 0.3) is 0 Å². The molecule has 0 radical (unpaired) electrons. The molecule has 0 aromatic carbocycles. The minimum absolute atomic E-state index is 0.122. The van der Waals surface area contributed by atoms with Crippen LogP contribution in [0.2, 0.25) is 0 Å². The molecular weight excluding hydrogens is 462 g/mol. The zero-order chi connectivity index (χ0) is 22.8. The van der Waals surface area contributed by atoms with E-state index in [0.717, 1.165) is 37.0 Å². The second kappa shape index (κ2) is 13.1. The van der Waals surface area contributed by atoms with Gasteiger partial charge in [0.1, 0.15) is 4.88 Å². The third-order valence-corrected chi connectivity index (χ3v) is 7.24. The van der Waals surface area contributed by atoms with E-state index in [0.29, 0.717) is 17.4 Å². The summed E-state index contributed by atoms with van der Waals surface area (Å²) in [6, 6.07) is 0. The van der Waals surface area contributed by atoms with Crippen molar-refractivity contribution in [1.29, 1.82) is 0 Å². The number of hydrogen-bond acceptors (Lipinski definition) is 9. The number of hydrogen-bond donors (Lipinski definition) is 1. The summed E-state index contributed by atoms with van der Waals surface area (Å²) in [5.74, 6) is 0.331. The number of aromatic nitrogens is 3. The molecule has 0 fully saturated rings. The number of ether oxygens (including phenoxy) is 1. The molecule has 30 heavy (non-hydrogen) atoms. The molecule has 1 N–H and O–H groups in total. The summed E-state index contributed by atoms with van der Waals surface area (Å²) >= 11 is 10.2. The number of carbonyl (C=O) groups is 1. The first-order valence-electron chi connectivity index (χ1n) is 9.26. The van der Waals surface area contributed by atoms with Crippen molar-refractivity contribution in [1.82, 2.24) is 15.0 Å². The van der Waals surface area contributed by atoms with E-state index in [1.54, 1.807) is 29.6 Å². The lowest BCUT2D eigenvalue weighted by Crippen LogP contribution is -2.03. The van der Waals surface area contributed by atoms with Gasteiger partial charge in [-0.1, -0.05) is 0 Å². The van der Waals surface area contributed by atoms with Crippen LogP contribution in [0.3, 0.4) is 0 Å². The number of aliphatic hydroxyl groups is 1. The summed E-state index contributed by atoms with van der Waals surface area (Å²) in [4.78, 5) is 26.5. The van der Waals surface area contributed by atoms with Crippen molar-refractivity contribution < 1.29 is 14.6 Å². The Morgan fingerprint density at radius 3 is 1.60 bits per heavy atom. The molecule has 0 aliphatic heterocycles. The number of thiazole rings is 3. The van der Waals surface area contributed by atoms with E-state index in [-0.39, 0.29) is 12.6 Å². The maximum absolute atomic E-state index is 11.2. The van der Waals surface area contributed by atoms with Gasteiger partial charge in [0.2, 0.25) is 0 Å². The molecule has 3 rings (SSSR count). The second-order valence-electron chi connectivity index (χ2n) is 6.14. The van der Waals surface area contributed by atoms with Crippen LogP contribution in [0.15, 0.2) is 0 Å². The molecule has 0 saturated heterocycles. The molecule has 3 heterocycles. The molecule has 0 spiro atoms. The molecule has 0 aliphatic carbocycles. The Bertz CT molecular complexity index is 904. The van der Waals surface area contributed by atoms with Crippen LogP contribution < -0.4 is 0 Å². The first-order chi connectivity index (χ1) is 14.1. The van der Waals surface area contributed by atoms with Gasteiger partial charge in [-0.25, -0.2) is 19.7 Å². The number of esters is 1. The van der Waals surface area contributed by atoms with E-state index < -0.39 is 0 Å². The predicted octanol–water partition coefficient (Wildman–Crippen LogP) is 5.69. The number of alkyl halides is 1. The van der Waals surface area contributed by atoms with Crippen molar-refractivity contribution in [2.75, 3.05) is 6.61 Å². The van der Waals surface area contributed by atoms with Gasteiger partial charge in [0, 0.05) is 4.88 Å². The number of rotatable bonds is 4. The summed E-state index contributed by atoms with van der Waals surface area (Å²) < 4.78 is 4.85. The quantitative estimate of drug-likeness (QED) is 0.374. The lowest BCUT2D eigenvalue weighted by atomic mass is 10.4. The normalized spacial score (nSPS) is 10.0. The Hall–Kier alpha value is -1.39. The Balaban J connectivity index is 0.000000229. The molecule has 0 unspecified atom stereocenters. The number of aliphatic hydroxyl groups excluding tert-OH is 1. The second-order valence-corrected chi connectivity index (χ2v) is 10.2. The van der Waals surface area contributed by atoms with Crippen molar-refractivity contribution in [3.05, 3.63) is 46.7 Å². The lowest BCUT2D eigenvalue weighted by Gasteiger charge is -1.97. The zero-order valence-corrected chi connectivity index (χ0v) is 21.5. The van der Waals surface area contributed by atoms with Gasteiger partial charge < -0.3 is 9.84 Å². The van der Waals surface area contributed by atoms with Gasteiger partial charge in [-0.2, -0.15) is 0 Å². The van der Waals surface area contributed by atoms with Gasteiger partial charge in [0.05, 0.1) is 56.1 Å². The van der Waals surface area contributed by atoms with Crippen LogP contribution in [0.5, 0.6) is 0 Å². The van der Waals surface area contributed by atoms with Crippen molar-refractivity contribution in [2.45, 2.75) is 61.0 Å². The Labute approximate surface area is 195 Å². The van der Waals surface area contributed by atoms with Crippen molar-refractivity contribution in [3.63, 3.8) is 0 Å². The molecule has 166 valence electrons. The van der Waals surface area contributed by atoms with Gasteiger partial charge in [-0.3, -0.25) is 0 Å². The topological polar surface area (TPSA) is 85.2 Å². The van der Waals surface area contributed by atoms with Crippen molar-refractivity contribution in [2.24, 2.45) is 0 Å². The standard InChI is InChI=1S/C8H11NO2S.C6H8ClNS.C6H9NOS/c1-4-11-8(10)7-5(2)9-6(3)12-7;1-4-6(3-7)9-5(2)8-4;1-4-6(3-8)9-5(2)7-4/h4H2,1-3H3;3H2,1-2H3;8H,3H2,1-2H3. The molecule has 0 bridgehead atoms. The fourth-order valence-corrected chi connectivity index (χ4v) is 5.09. The molecule has 6 nitrogen and oxygen atoms in total. The Kier molecular flexibility index (Phi) is 11.6. The first-order valence-corrected chi connectivity index (χ1v) is 12.2. The third-order valence-electron chi connectivity index (χ3n) is 3.63. The molecule has 3 aromatic heterocycles. The summed E-state index contributed by atoms with van der Waals surface area (Å²) in [7, 11) is 0. The van der Waals surface area contributed by atoms with Crippen LogP contribution in [0.25, 0.3) is 0 Å². The molecular formula is C20H28ClN3O3S3. The smallest absolute Gasteiger partial charge is 0.350 e. The van der Waals surface area contributed by atoms with E-state index in [2.05, 4.69) is 15.0 Å². The van der Waals surface area contributed by atoms with Gasteiger partial charge in [-0.05, 0) is 48.5 Å². The molecule has 0 aliphatic rings. The molecule has 0 amide bonds. The zero-order valence-electron chi connectivity index (χ0n) is 18.3. The van der Waals surface area contributed by atoms with Crippen LogP contribution in [0, 0.1) is 41.5 Å². The number of halogens is 1. The Morgan fingerprint density at radius 1 is 0.867 bits per heavy atom. The molecule has 3 aromatic rings. The monoisotopic (exact) mass is 489 g/mol. The van der Waals surface area contributed by atoms with E-state index in [4.69, 9.17) is 21.4 Å². The van der Waals surface area contributed by atoms with Crippen LogP contribution in [0.1, 0.15) is 58.5 Å². The Morgan fingerprint density at radius 2 is 1.33 bits per heavy atom. The predicted molar refractivity (Wildman–Crippen MR) is 126 cm³/mol. The van der Waals surface area contributed by atoms with E-state index in [1.807, 2.05) is 41.5 Å². The summed E-state index contributed by atoms with van der Waals surface area (Å²) in [6.07, 6.45) is 0. The number of aryl methyl sites for hydroxylation is 6.